The summed E-state index contributed by atoms with van der Waals surface area (Å²) in [5, 5.41) is 24.0. The molecule has 226 valence electrons. The fourth-order valence-electron chi connectivity index (χ4n) is 4.98. The highest BCUT2D eigenvalue weighted by Gasteiger charge is 2.19. The smallest absolute Gasteiger partial charge is 0.304 e. The summed E-state index contributed by atoms with van der Waals surface area (Å²) >= 11 is 0. The van der Waals surface area contributed by atoms with Gasteiger partial charge >= 0.3 is 5.97 Å². The van der Waals surface area contributed by atoms with E-state index in [2.05, 4.69) is 45.6 Å². The minimum absolute atomic E-state index is 0.0487. The molecule has 4 rings (SSSR count). The van der Waals surface area contributed by atoms with Crippen LogP contribution in [0.25, 0.3) is 16.8 Å². The van der Waals surface area contributed by atoms with E-state index in [1.165, 1.54) is 0 Å². The third kappa shape index (κ3) is 8.14. The van der Waals surface area contributed by atoms with Gasteiger partial charge in [0.25, 0.3) is 0 Å². The van der Waals surface area contributed by atoms with Gasteiger partial charge in [-0.3, -0.25) is 4.79 Å². The Morgan fingerprint density at radius 3 is 2.30 bits per heavy atom. The Hall–Kier alpha value is -4.35. The molecule has 2 heterocycles. The molecule has 2 aromatic heterocycles. The van der Waals surface area contributed by atoms with Crippen LogP contribution in [0, 0.1) is 25.7 Å². The third-order valence-corrected chi connectivity index (χ3v) is 7.17. The van der Waals surface area contributed by atoms with Gasteiger partial charge in [-0.05, 0) is 87.2 Å². The van der Waals surface area contributed by atoms with E-state index in [0.717, 1.165) is 50.6 Å². The minimum Gasteiger partial charge on any atom is -0.493 e. The maximum Gasteiger partial charge on any atom is 0.304 e. The molecule has 0 spiro atoms. The van der Waals surface area contributed by atoms with E-state index >= 15 is 0 Å². The summed E-state index contributed by atoms with van der Waals surface area (Å²) in [6.45, 7) is 14.3. The van der Waals surface area contributed by atoms with Crippen molar-refractivity contribution in [1.29, 1.82) is 0 Å². The van der Waals surface area contributed by atoms with Crippen molar-refractivity contribution in [2.45, 2.75) is 85.4 Å². The van der Waals surface area contributed by atoms with E-state index in [1.54, 1.807) is 20.8 Å². The number of hydrogen-bond donors (Lipinski definition) is 2. The fraction of sp³-hybridized carbons (Fsp3) is 0.400. The highest BCUT2D eigenvalue weighted by atomic mass is 16.5. The number of hydrogen-bond acceptors (Lipinski definition) is 6. The van der Waals surface area contributed by atoms with Crippen molar-refractivity contribution >= 4 is 11.6 Å². The Morgan fingerprint density at radius 2 is 1.72 bits per heavy atom. The second kappa shape index (κ2) is 13.3. The molecule has 0 saturated carbocycles. The number of carboxylic acids is 1. The average molecular weight is 584 g/mol. The molecule has 4 aromatic rings. The first kappa shape index (κ1) is 31.6. The number of aliphatic hydroxyl groups is 1. The van der Waals surface area contributed by atoms with Crippen molar-refractivity contribution in [3.05, 3.63) is 76.7 Å². The first-order valence-corrected chi connectivity index (χ1v) is 14.6. The van der Waals surface area contributed by atoms with Gasteiger partial charge in [-0.2, -0.15) is 5.10 Å². The van der Waals surface area contributed by atoms with Crippen LogP contribution in [-0.2, 0) is 11.4 Å². The lowest BCUT2D eigenvalue weighted by atomic mass is 9.95. The predicted molar refractivity (Wildman–Crippen MR) is 168 cm³/mol. The molecule has 1 atom stereocenters. The van der Waals surface area contributed by atoms with Crippen LogP contribution in [0.1, 0.15) is 87.4 Å². The van der Waals surface area contributed by atoms with Crippen molar-refractivity contribution in [2.24, 2.45) is 0 Å². The first-order valence-electron chi connectivity index (χ1n) is 14.6. The summed E-state index contributed by atoms with van der Waals surface area (Å²) in [5.74, 6) is 6.93. The predicted octanol–water partition coefficient (Wildman–Crippen LogP) is 6.84. The topological polar surface area (TPSA) is 106 Å². The molecule has 8 heteroatoms. The number of aromatic nitrogens is 3. The SMILES string of the molecule is CC#C[C@@H](CC(=O)O)c1ccc(OCc2cc(-c3c(C)cc(OCCC(C)(C)O)cc3C)c3nc(C(C)C)nn3c2)cc1. The van der Waals surface area contributed by atoms with Crippen LogP contribution in [0.4, 0.5) is 0 Å². The van der Waals surface area contributed by atoms with E-state index < -0.39 is 11.6 Å². The van der Waals surface area contributed by atoms with Gasteiger partial charge in [0.05, 0.1) is 24.5 Å². The number of aryl methyl sites for hydroxylation is 2. The number of pyridine rings is 1. The van der Waals surface area contributed by atoms with E-state index in [1.807, 2.05) is 47.1 Å². The first-order chi connectivity index (χ1) is 20.3. The normalized spacial score (nSPS) is 12.2. The molecule has 43 heavy (non-hydrogen) atoms. The van der Waals surface area contributed by atoms with Crippen LogP contribution in [0.3, 0.4) is 0 Å². The second-order valence-corrected chi connectivity index (χ2v) is 11.9. The summed E-state index contributed by atoms with van der Waals surface area (Å²) in [7, 11) is 0. The Labute approximate surface area is 253 Å². The number of nitrogens with zero attached hydrogens (tertiary/aromatic N) is 3. The summed E-state index contributed by atoms with van der Waals surface area (Å²) in [5.41, 5.74) is 5.89. The third-order valence-electron chi connectivity index (χ3n) is 7.17. The van der Waals surface area contributed by atoms with Gasteiger partial charge in [-0.15, -0.1) is 5.92 Å². The lowest BCUT2D eigenvalue weighted by Crippen LogP contribution is -2.21. The average Bonchev–Trinajstić information content (AvgIpc) is 3.36. The number of carboxylic acid groups (broad SMARTS) is 1. The lowest BCUT2D eigenvalue weighted by Gasteiger charge is -2.19. The summed E-state index contributed by atoms with van der Waals surface area (Å²) in [6.07, 6.45) is 2.43. The molecule has 0 aliphatic carbocycles. The van der Waals surface area contributed by atoms with Gasteiger partial charge in [0.1, 0.15) is 18.1 Å². The molecular formula is C35H41N3O5. The van der Waals surface area contributed by atoms with Gasteiger partial charge in [0.15, 0.2) is 11.5 Å². The zero-order chi connectivity index (χ0) is 31.3. The summed E-state index contributed by atoms with van der Waals surface area (Å²) in [4.78, 5) is 16.2. The number of rotatable bonds is 12. The van der Waals surface area contributed by atoms with Crippen LogP contribution in [0.5, 0.6) is 11.5 Å². The van der Waals surface area contributed by atoms with E-state index in [9.17, 15) is 15.0 Å². The van der Waals surface area contributed by atoms with Crippen molar-refractivity contribution < 1.29 is 24.5 Å². The second-order valence-electron chi connectivity index (χ2n) is 11.9. The zero-order valence-electron chi connectivity index (χ0n) is 26.1. The number of carbonyl (C=O) groups is 1. The van der Waals surface area contributed by atoms with Crippen molar-refractivity contribution in [3.63, 3.8) is 0 Å². The molecular weight excluding hydrogens is 542 g/mol. The van der Waals surface area contributed by atoms with Gasteiger partial charge in [-0.1, -0.05) is 31.9 Å². The molecule has 0 aliphatic rings. The van der Waals surface area contributed by atoms with Crippen LogP contribution in [0.15, 0.2) is 48.7 Å². The zero-order valence-corrected chi connectivity index (χ0v) is 26.1. The van der Waals surface area contributed by atoms with Crippen molar-refractivity contribution in [3.8, 4) is 34.5 Å². The van der Waals surface area contributed by atoms with Gasteiger partial charge in [0.2, 0.25) is 0 Å². The quantitative estimate of drug-likeness (QED) is 0.176. The molecule has 0 radical (unpaired) electrons. The van der Waals surface area contributed by atoms with Crippen LogP contribution < -0.4 is 9.47 Å². The Morgan fingerprint density at radius 1 is 1.05 bits per heavy atom. The number of ether oxygens (including phenoxy) is 2. The maximum atomic E-state index is 11.3. The molecule has 0 saturated heterocycles. The Kier molecular flexibility index (Phi) is 9.77. The molecule has 2 aromatic carbocycles. The maximum absolute atomic E-state index is 11.3. The molecule has 0 unspecified atom stereocenters. The molecule has 0 amide bonds. The molecule has 0 bridgehead atoms. The van der Waals surface area contributed by atoms with Gasteiger partial charge in [-0.25, -0.2) is 9.50 Å². The fourth-order valence-corrected chi connectivity index (χ4v) is 4.98. The van der Waals surface area contributed by atoms with E-state index in [-0.39, 0.29) is 18.3 Å². The molecule has 0 aliphatic heterocycles. The van der Waals surface area contributed by atoms with Crippen LogP contribution in [0.2, 0.25) is 0 Å². The molecule has 2 N–H and O–H groups in total. The highest BCUT2D eigenvalue weighted by molar-refractivity contribution is 5.82. The molecule has 0 fully saturated rings. The van der Waals surface area contributed by atoms with E-state index in [4.69, 9.17) is 19.6 Å². The number of benzene rings is 2. The highest BCUT2D eigenvalue weighted by Crippen LogP contribution is 2.35. The van der Waals surface area contributed by atoms with Crippen molar-refractivity contribution in [1.82, 2.24) is 14.6 Å². The van der Waals surface area contributed by atoms with Gasteiger partial charge in [0, 0.05) is 29.7 Å². The Bertz CT molecular complexity index is 1630. The number of aliphatic carboxylic acids is 1. The summed E-state index contributed by atoms with van der Waals surface area (Å²) in [6, 6.07) is 13.6. The largest absolute Gasteiger partial charge is 0.493 e. The standard InChI is InChI=1S/C35H41N3O5/c1-8-9-27(19-31(39)40)26-10-12-28(13-11-26)43-21-25-18-30(34-36-33(22(2)3)37-38(34)20-25)32-23(4)16-29(17-24(32)5)42-15-14-35(6,7)41/h10-13,16-18,20,22,27,41H,14-15,19,21H2,1-7H3,(H,39,40)/t27-/m0/s1. The van der Waals surface area contributed by atoms with Crippen LogP contribution in [-0.4, -0.2) is 43.0 Å². The molecule has 8 nitrogen and oxygen atoms in total. The lowest BCUT2D eigenvalue weighted by molar-refractivity contribution is -0.137. The number of fused-ring (bicyclic) bond motifs is 1. The van der Waals surface area contributed by atoms with Crippen LogP contribution >= 0.6 is 0 Å². The van der Waals surface area contributed by atoms with E-state index in [0.29, 0.717) is 25.4 Å². The minimum atomic E-state index is -0.883. The monoisotopic (exact) mass is 583 g/mol. The van der Waals surface area contributed by atoms with Crippen molar-refractivity contribution in [2.75, 3.05) is 6.61 Å². The summed E-state index contributed by atoms with van der Waals surface area (Å²) < 4.78 is 14.0. The Balaban J connectivity index is 1.63. The van der Waals surface area contributed by atoms with Gasteiger partial charge < -0.3 is 19.7 Å².